The van der Waals surface area contributed by atoms with Crippen LogP contribution in [0.15, 0.2) is 53.5 Å². The molecule has 128 valence electrons. The summed E-state index contributed by atoms with van der Waals surface area (Å²) in [5, 5.41) is 0. The molecular weight excluding hydrogens is 310 g/mol. The molecule has 3 aromatic rings. The van der Waals surface area contributed by atoms with E-state index in [4.69, 9.17) is 4.98 Å². The molecule has 4 nitrogen and oxygen atoms in total. The summed E-state index contributed by atoms with van der Waals surface area (Å²) < 4.78 is 1.63. The van der Waals surface area contributed by atoms with E-state index in [-0.39, 0.29) is 5.56 Å². The number of hydrogen-bond acceptors (Lipinski definition) is 2. The number of quaternary nitrogens is 1. The zero-order valence-corrected chi connectivity index (χ0v) is 14.8. The van der Waals surface area contributed by atoms with Gasteiger partial charge in [0.2, 0.25) is 0 Å². The number of nitrogens with zero attached hydrogens (tertiary/aromatic N) is 2. The van der Waals surface area contributed by atoms with E-state index >= 15 is 0 Å². The van der Waals surface area contributed by atoms with Gasteiger partial charge in [-0.05, 0) is 37.0 Å². The largest absolute Gasteiger partial charge is 0.326 e. The van der Waals surface area contributed by atoms with Crippen LogP contribution in [-0.4, -0.2) is 16.4 Å². The Morgan fingerprint density at radius 1 is 1.24 bits per heavy atom. The summed E-state index contributed by atoms with van der Waals surface area (Å²) in [4.78, 5) is 18.5. The van der Waals surface area contributed by atoms with Crippen molar-refractivity contribution >= 4 is 5.65 Å². The number of rotatable bonds is 3. The van der Waals surface area contributed by atoms with E-state index < -0.39 is 0 Å². The molecular formula is C21H24N3O+. The van der Waals surface area contributed by atoms with E-state index in [1.54, 1.807) is 10.5 Å². The summed E-state index contributed by atoms with van der Waals surface area (Å²) in [5.41, 5.74) is 5.59. The molecule has 4 rings (SSSR count). The van der Waals surface area contributed by atoms with Crippen molar-refractivity contribution in [3.8, 4) is 0 Å². The zero-order chi connectivity index (χ0) is 17.4. The molecule has 1 aromatic carbocycles. The van der Waals surface area contributed by atoms with Gasteiger partial charge in [-0.25, -0.2) is 4.98 Å². The van der Waals surface area contributed by atoms with Gasteiger partial charge in [0.15, 0.2) is 0 Å². The molecule has 2 aromatic heterocycles. The van der Waals surface area contributed by atoms with Gasteiger partial charge in [0.05, 0.1) is 7.05 Å². The monoisotopic (exact) mass is 334 g/mol. The summed E-state index contributed by atoms with van der Waals surface area (Å²) in [6.07, 6.45) is 5.44. The lowest BCUT2D eigenvalue weighted by Gasteiger charge is -2.30. The molecule has 1 unspecified atom stereocenters. The molecule has 25 heavy (non-hydrogen) atoms. The molecule has 0 amide bonds. The fourth-order valence-electron chi connectivity index (χ4n) is 4.02. The molecule has 0 bridgehead atoms. The number of fused-ring (bicyclic) bond motifs is 2. The normalized spacial score (nSPS) is 18.1. The molecule has 2 heterocycles. The lowest BCUT2D eigenvalue weighted by molar-refractivity contribution is -0.927. The van der Waals surface area contributed by atoms with Crippen LogP contribution in [0.3, 0.4) is 0 Å². The highest BCUT2D eigenvalue weighted by atomic mass is 16.1. The van der Waals surface area contributed by atoms with E-state index in [9.17, 15) is 4.79 Å². The van der Waals surface area contributed by atoms with Gasteiger partial charge >= 0.3 is 0 Å². The molecule has 2 atom stereocenters. The third kappa shape index (κ3) is 3.10. The molecule has 1 N–H and O–H groups in total. The van der Waals surface area contributed by atoms with Crippen LogP contribution < -0.4 is 10.5 Å². The van der Waals surface area contributed by atoms with Gasteiger partial charge in [-0.15, -0.1) is 0 Å². The Balaban J connectivity index is 1.63. The Bertz CT molecular complexity index is 976. The van der Waals surface area contributed by atoms with Crippen molar-refractivity contribution in [3.05, 3.63) is 81.4 Å². The molecule has 4 heteroatoms. The van der Waals surface area contributed by atoms with Crippen LogP contribution in [0, 0.1) is 6.92 Å². The first-order chi connectivity index (χ1) is 12.1. The van der Waals surface area contributed by atoms with Gasteiger partial charge in [0.25, 0.3) is 5.56 Å². The smallest absolute Gasteiger partial charge is 0.258 e. The van der Waals surface area contributed by atoms with Gasteiger partial charge < -0.3 is 4.90 Å². The minimum absolute atomic E-state index is 0.000504. The maximum Gasteiger partial charge on any atom is 0.258 e. The van der Waals surface area contributed by atoms with E-state index in [2.05, 4.69) is 31.3 Å². The second-order valence-electron chi connectivity index (χ2n) is 7.19. The number of aromatic nitrogens is 2. The predicted molar refractivity (Wildman–Crippen MR) is 98.9 cm³/mol. The Morgan fingerprint density at radius 3 is 2.96 bits per heavy atom. The van der Waals surface area contributed by atoms with E-state index in [0.29, 0.717) is 6.04 Å². The minimum Gasteiger partial charge on any atom is -0.326 e. The number of aryl methyl sites for hydroxylation is 2. The van der Waals surface area contributed by atoms with Crippen LogP contribution in [0.4, 0.5) is 0 Å². The molecule has 1 aliphatic rings. The first-order valence-electron chi connectivity index (χ1n) is 9.01. The average Bonchev–Trinajstić information content (AvgIpc) is 2.62. The Hall–Kier alpha value is -2.46. The molecule has 0 saturated carbocycles. The molecule has 0 saturated heterocycles. The SMILES string of the molecule is Cc1ccc2nc(C[NH+](C)[C@H]3CCCc4ccccc43)cc(=O)n2c1. The van der Waals surface area contributed by atoms with Crippen molar-refractivity contribution in [2.45, 2.75) is 38.8 Å². The molecule has 0 spiro atoms. The topological polar surface area (TPSA) is 38.8 Å². The van der Waals surface area contributed by atoms with Crippen molar-refractivity contribution in [2.75, 3.05) is 7.05 Å². The molecule has 0 radical (unpaired) electrons. The fourth-order valence-corrected chi connectivity index (χ4v) is 4.02. The summed E-state index contributed by atoms with van der Waals surface area (Å²) in [5.74, 6) is 0. The van der Waals surface area contributed by atoms with Gasteiger partial charge in [-0.1, -0.05) is 30.3 Å². The van der Waals surface area contributed by atoms with Gasteiger partial charge in [0, 0.05) is 24.2 Å². The summed E-state index contributed by atoms with van der Waals surface area (Å²) in [6.45, 7) is 2.75. The van der Waals surface area contributed by atoms with Gasteiger partial charge in [0.1, 0.15) is 23.9 Å². The van der Waals surface area contributed by atoms with Gasteiger partial charge in [-0.2, -0.15) is 0 Å². The average molecular weight is 334 g/mol. The summed E-state index contributed by atoms with van der Waals surface area (Å²) in [6, 6.07) is 14.8. The van der Waals surface area contributed by atoms with E-state index in [1.165, 1.54) is 35.3 Å². The third-order valence-corrected chi connectivity index (χ3v) is 5.28. The maximum absolute atomic E-state index is 12.4. The lowest BCUT2D eigenvalue weighted by Crippen LogP contribution is -3.08. The highest BCUT2D eigenvalue weighted by Crippen LogP contribution is 2.27. The quantitative estimate of drug-likeness (QED) is 0.797. The minimum atomic E-state index is 0.000504. The standard InChI is InChI=1S/C21H23N3O/c1-15-10-11-20-22-17(12-21(25)24(20)13-15)14-23(2)19-9-5-7-16-6-3-4-8-18(16)19/h3-4,6,8,10-13,19H,5,7,9,14H2,1-2H3/p+1/t19-/m0/s1. The van der Waals surface area contributed by atoms with Crippen LogP contribution in [0.5, 0.6) is 0 Å². The van der Waals surface area contributed by atoms with E-state index in [0.717, 1.165) is 23.4 Å². The predicted octanol–water partition coefficient (Wildman–Crippen LogP) is 2.10. The molecule has 0 fully saturated rings. The van der Waals surface area contributed by atoms with Crippen LogP contribution in [0.25, 0.3) is 5.65 Å². The number of benzene rings is 1. The second-order valence-corrected chi connectivity index (χ2v) is 7.19. The first-order valence-corrected chi connectivity index (χ1v) is 9.01. The zero-order valence-electron chi connectivity index (χ0n) is 14.8. The Morgan fingerprint density at radius 2 is 2.08 bits per heavy atom. The van der Waals surface area contributed by atoms with Crippen molar-refractivity contribution < 1.29 is 4.90 Å². The maximum atomic E-state index is 12.4. The van der Waals surface area contributed by atoms with Crippen LogP contribution in [0.2, 0.25) is 0 Å². The second kappa shape index (κ2) is 6.45. The fraction of sp³-hybridized carbons (Fsp3) is 0.333. The Labute approximate surface area is 147 Å². The summed E-state index contributed by atoms with van der Waals surface area (Å²) in [7, 11) is 2.21. The number of hydrogen-bond donors (Lipinski definition) is 1. The number of nitrogens with one attached hydrogen (secondary N) is 1. The lowest BCUT2D eigenvalue weighted by atomic mass is 9.87. The highest BCUT2D eigenvalue weighted by molar-refractivity contribution is 5.39. The van der Waals surface area contributed by atoms with Crippen LogP contribution in [-0.2, 0) is 13.0 Å². The van der Waals surface area contributed by atoms with Crippen molar-refractivity contribution in [1.82, 2.24) is 9.38 Å². The highest BCUT2D eigenvalue weighted by Gasteiger charge is 2.27. The molecule has 1 aliphatic carbocycles. The van der Waals surface area contributed by atoms with Crippen LogP contribution in [0.1, 0.15) is 41.3 Å². The van der Waals surface area contributed by atoms with Gasteiger partial charge in [-0.3, -0.25) is 9.20 Å². The Kier molecular flexibility index (Phi) is 4.14. The number of pyridine rings is 1. The molecule has 0 aliphatic heterocycles. The summed E-state index contributed by atoms with van der Waals surface area (Å²) >= 11 is 0. The van der Waals surface area contributed by atoms with Crippen LogP contribution >= 0.6 is 0 Å². The van der Waals surface area contributed by atoms with E-state index in [1.807, 2.05) is 25.3 Å². The first kappa shape index (κ1) is 16.0. The third-order valence-electron chi connectivity index (χ3n) is 5.28. The van der Waals surface area contributed by atoms with Crippen molar-refractivity contribution in [2.24, 2.45) is 0 Å². The van der Waals surface area contributed by atoms with Crippen molar-refractivity contribution in [3.63, 3.8) is 0 Å². The van der Waals surface area contributed by atoms with Crippen molar-refractivity contribution in [1.29, 1.82) is 0 Å².